The third-order valence-electron chi connectivity index (χ3n) is 3.49. The molecule has 122 valence electrons. The molecule has 6 nitrogen and oxygen atoms in total. The van der Waals surface area contributed by atoms with E-state index in [4.69, 9.17) is 28.9 Å². The SMILES string of the molecule is NC(=O)CN1CCC(NS(=O)(=O)c2ccc(Cl)c(Cl)c2)CC1. The van der Waals surface area contributed by atoms with E-state index >= 15 is 0 Å². The lowest BCUT2D eigenvalue weighted by molar-refractivity contribution is -0.119. The molecule has 1 aromatic rings. The second-order valence-electron chi connectivity index (χ2n) is 5.21. The van der Waals surface area contributed by atoms with Crippen LogP contribution in [0.2, 0.25) is 10.0 Å². The van der Waals surface area contributed by atoms with Crippen molar-refractivity contribution in [2.24, 2.45) is 5.73 Å². The largest absolute Gasteiger partial charge is 0.369 e. The molecule has 1 saturated heterocycles. The van der Waals surface area contributed by atoms with Crippen molar-refractivity contribution in [3.63, 3.8) is 0 Å². The van der Waals surface area contributed by atoms with Crippen molar-refractivity contribution in [3.8, 4) is 0 Å². The monoisotopic (exact) mass is 365 g/mol. The van der Waals surface area contributed by atoms with Crippen LogP contribution in [-0.2, 0) is 14.8 Å². The van der Waals surface area contributed by atoms with Crippen LogP contribution in [0.15, 0.2) is 23.1 Å². The maximum Gasteiger partial charge on any atom is 0.240 e. The first-order valence-electron chi connectivity index (χ1n) is 6.76. The summed E-state index contributed by atoms with van der Waals surface area (Å²) in [4.78, 5) is 12.9. The minimum atomic E-state index is -3.64. The smallest absolute Gasteiger partial charge is 0.240 e. The van der Waals surface area contributed by atoms with E-state index in [2.05, 4.69) is 4.72 Å². The number of benzene rings is 1. The molecule has 1 aromatic carbocycles. The minimum Gasteiger partial charge on any atom is -0.369 e. The second-order valence-corrected chi connectivity index (χ2v) is 7.74. The molecular formula is C13H17Cl2N3O3S. The molecule has 0 radical (unpaired) electrons. The standard InChI is InChI=1S/C13H17Cl2N3O3S/c14-11-2-1-10(7-12(11)15)22(20,21)17-9-3-5-18(6-4-9)8-13(16)19/h1-2,7,9,17H,3-6,8H2,(H2,16,19). The van der Waals surface area contributed by atoms with Crippen molar-refractivity contribution in [1.82, 2.24) is 9.62 Å². The zero-order valence-electron chi connectivity index (χ0n) is 11.8. The Hall–Kier alpha value is -0.860. The Kier molecular flexibility index (Phi) is 5.68. The second kappa shape index (κ2) is 7.14. The number of nitrogens with zero attached hydrogens (tertiary/aromatic N) is 1. The van der Waals surface area contributed by atoms with Crippen molar-refractivity contribution < 1.29 is 13.2 Å². The van der Waals surface area contributed by atoms with Gasteiger partial charge in [0.25, 0.3) is 0 Å². The zero-order chi connectivity index (χ0) is 16.3. The molecule has 22 heavy (non-hydrogen) atoms. The quantitative estimate of drug-likeness (QED) is 0.820. The van der Waals surface area contributed by atoms with Crippen LogP contribution in [0.4, 0.5) is 0 Å². The Morgan fingerprint density at radius 2 is 1.91 bits per heavy atom. The highest BCUT2D eigenvalue weighted by atomic mass is 35.5. The van der Waals surface area contributed by atoms with Crippen molar-refractivity contribution in [1.29, 1.82) is 0 Å². The summed E-state index contributed by atoms with van der Waals surface area (Å²) in [6, 6.07) is 4.02. The van der Waals surface area contributed by atoms with Gasteiger partial charge in [-0.3, -0.25) is 9.69 Å². The molecule has 1 aliphatic heterocycles. The first-order valence-corrected chi connectivity index (χ1v) is 9.00. The first-order chi connectivity index (χ1) is 10.3. The van der Waals surface area contributed by atoms with Crippen molar-refractivity contribution in [2.45, 2.75) is 23.8 Å². The fraction of sp³-hybridized carbons (Fsp3) is 0.462. The van der Waals surface area contributed by atoms with Gasteiger partial charge in [0.1, 0.15) is 0 Å². The number of carbonyl (C=O) groups is 1. The fourth-order valence-corrected chi connectivity index (χ4v) is 4.05. The third-order valence-corrected chi connectivity index (χ3v) is 5.75. The molecule has 1 aliphatic rings. The topological polar surface area (TPSA) is 92.5 Å². The lowest BCUT2D eigenvalue weighted by Crippen LogP contribution is -2.46. The zero-order valence-corrected chi connectivity index (χ0v) is 14.1. The number of nitrogens with two attached hydrogens (primary N) is 1. The van der Waals surface area contributed by atoms with Gasteiger partial charge in [0, 0.05) is 19.1 Å². The highest BCUT2D eigenvalue weighted by Gasteiger charge is 2.25. The summed E-state index contributed by atoms with van der Waals surface area (Å²) >= 11 is 11.6. The van der Waals surface area contributed by atoms with Crippen LogP contribution < -0.4 is 10.5 Å². The third kappa shape index (κ3) is 4.57. The number of likely N-dealkylation sites (tertiary alicyclic amines) is 1. The van der Waals surface area contributed by atoms with Crippen molar-refractivity contribution in [3.05, 3.63) is 28.2 Å². The number of nitrogens with one attached hydrogen (secondary N) is 1. The van der Waals surface area contributed by atoms with E-state index in [1.807, 2.05) is 4.90 Å². The molecule has 0 aromatic heterocycles. The van der Waals surface area contributed by atoms with E-state index in [0.29, 0.717) is 31.0 Å². The van der Waals surface area contributed by atoms with Gasteiger partial charge in [0.15, 0.2) is 0 Å². The number of primary amides is 1. The van der Waals surface area contributed by atoms with Crippen molar-refractivity contribution >= 4 is 39.1 Å². The maximum atomic E-state index is 12.3. The summed E-state index contributed by atoms with van der Waals surface area (Å²) in [6.45, 7) is 1.45. The van der Waals surface area contributed by atoms with Gasteiger partial charge < -0.3 is 5.73 Å². The summed E-state index contributed by atoms with van der Waals surface area (Å²) in [6.07, 6.45) is 1.24. The van der Waals surface area contributed by atoms with Crippen LogP contribution in [0.25, 0.3) is 0 Å². The maximum absolute atomic E-state index is 12.3. The summed E-state index contributed by atoms with van der Waals surface area (Å²) in [5.74, 6) is -0.380. The van der Waals surface area contributed by atoms with Gasteiger partial charge in [-0.2, -0.15) is 0 Å². The Labute approximate surface area is 139 Å². The molecule has 0 aliphatic carbocycles. The highest BCUT2D eigenvalue weighted by Crippen LogP contribution is 2.25. The molecule has 1 amide bonds. The van der Waals surface area contributed by atoms with Gasteiger partial charge >= 0.3 is 0 Å². The van der Waals surface area contributed by atoms with Gasteiger partial charge in [0.05, 0.1) is 21.5 Å². The normalized spacial score (nSPS) is 17.5. The molecule has 0 bridgehead atoms. The van der Waals surface area contributed by atoms with E-state index in [-0.39, 0.29) is 28.4 Å². The van der Waals surface area contributed by atoms with Crippen LogP contribution in [-0.4, -0.2) is 44.9 Å². The van der Waals surface area contributed by atoms with E-state index in [1.165, 1.54) is 18.2 Å². The molecule has 0 saturated carbocycles. The number of hydrogen-bond acceptors (Lipinski definition) is 4. The molecule has 1 heterocycles. The summed E-state index contributed by atoms with van der Waals surface area (Å²) in [5, 5.41) is 0.501. The van der Waals surface area contributed by atoms with Gasteiger partial charge in [-0.05, 0) is 31.0 Å². The molecule has 0 spiro atoms. The average Bonchev–Trinajstić information content (AvgIpc) is 2.43. The Morgan fingerprint density at radius 3 is 2.45 bits per heavy atom. The number of hydrogen-bond donors (Lipinski definition) is 2. The first kappa shape index (κ1) is 17.5. The lowest BCUT2D eigenvalue weighted by Gasteiger charge is -2.31. The average molecular weight is 366 g/mol. The predicted octanol–water partition coefficient (Wildman–Crippen LogP) is 1.22. The summed E-state index contributed by atoms with van der Waals surface area (Å²) < 4.78 is 27.3. The van der Waals surface area contributed by atoms with Gasteiger partial charge in [-0.15, -0.1) is 0 Å². The number of sulfonamides is 1. The minimum absolute atomic E-state index is 0.0847. The number of halogens is 2. The van der Waals surface area contributed by atoms with Crippen LogP contribution in [0.1, 0.15) is 12.8 Å². The summed E-state index contributed by atoms with van der Waals surface area (Å²) in [5.41, 5.74) is 5.15. The fourth-order valence-electron chi connectivity index (χ4n) is 2.36. The Balaban J connectivity index is 1.98. The number of rotatable bonds is 5. The van der Waals surface area contributed by atoms with Crippen LogP contribution >= 0.6 is 23.2 Å². The van der Waals surface area contributed by atoms with Gasteiger partial charge in [0.2, 0.25) is 15.9 Å². The van der Waals surface area contributed by atoms with Gasteiger partial charge in [-0.1, -0.05) is 23.2 Å². The molecule has 9 heteroatoms. The van der Waals surface area contributed by atoms with Crippen LogP contribution in [0.3, 0.4) is 0 Å². The molecule has 0 unspecified atom stereocenters. The Morgan fingerprint density at radius 1 is 1.27 bits per heavy atom. The van der Waals surface area contributed by atoms with Gasteiger partial charge in [-0.25, -0.2) is 13.1 Å². The highest BCUT2D eigenvalue weighted by molar-refractivity contribution is 7.89. The number of amides is 1. The Bertz CT molecular complexity index is 658. The van der Waals surface area contributed by atoms with Crippen molar-refractivity contribution in [2.75, 3.05) is 19.6 Å². The summed E-state index contributed by atoms with van der Waals surface area (Å²) in [7, 11) is -3.64. The molecule has 0 atom stereocenters. The van der Waals surface area contributed by atoms with E-state index in [1.54, 1.807) is 0 Å². The predicted molar refractivity (Wildman–Crippen MR) is 85.4 cm³/mol. The van der Waals surface area contributed by atoms with Crippen LogP contribution in [0.5, 0.6) is 0 Å². The molecular weight excluding hydrogens is 349 g/mol. The van der Waals surface area contributed by atoms with E-state index in [0.717, 1.165) is 0 Å². The molecule has 2 rings (SSSR count). The number of carbonyl (C=O) groups excluding carboxylic acids is 1. The van der Waals surface area contributed by atoms with E-state index in [9.17, 15) is 13.2 Å². The molecule has 3 N–H and O–H groups in total. The number of piperidine rings is 1. The van der Waals surface area contributed by atoms with E-state index < -0.39 is 10.0 Å². The van der Waals surface area contributed by atoms with Crippen LogP contribution in [0, 0.1) is 0 Å². The molecule has 1 fully saturated rings. The lowest BCUT2D eigenvalue weighted by atomic mass is 10.1.